The first-order valence-corrected chi connectivity index (χ1v) is 16.9. The van der Waals surface area contributed by atoms with E-state index in [-0.39, 0.29) is 41.8 Å². The largest absolute Gasteiger partial charge is 0.366 e. The van der Waals surface area contributed by atoms with Crippen LogP contribution in [0, 0.1) is 5.82 Å². The normalized spacial score (nSPS) is 22.0. The van der Waals surface area contributed by atoms with Gasteiger partial charge in [0.2, 0.25) is 5.28 Å². The highest BCUT2D eigenvalue weighted by atomic mass is 35.5. The van der Waals surface area contributed by atoms with Gasteiger partial charge in [-0.1, -0.05) is 6.07 Å². The summed E-state index contributed by atoms with van der Waals surface area (Å²) in [5, 5.41) is 5.54. The van der Waals surface area contributed by atoms with E-state index in [4.69, 9.17) is 30.1 Å². The minimum atomic E-state index is -3.51. The number of benzene rings is 1. The van der Waals surface area contributed by atoms with Crippen LogP contribution in [0.3, 0.4) is 0 Å². The molecule has 3 aliphatic rings. The van der Waals surface area contributed by atoms with Crippen molar-refractivity contribution in [2.75, 3.05) is 30.9 Å². The van der Waals surface area contributed by atoms with E-state index in [0.29, 0.717) is 12.1 Å². The summed E-state index contributed by atoms with van der Waals surface area (Å²) in [4.78, 5) is 11.2. The van der Waals surface area contributed by atoms with Crippen LogP contribution in [0.5, 0.6) is 0 Å². The van der Waals surface area contributed by atoms with Crippen molar-refractivity contribution >= 4 is 36.0 Å². The van der Waals surface area contributed by atoms with Gasteiger partial charge in [0.25, 0.3) is 0 Å². The van der Waals surface area contributed by atoms with Crippen LogP contribution in [0.1, 0.15) is 78.2 Å². The highest BCUT2D eigenvalue weighted by Gasteiger charge is 2.49. The van der Waals surface area contributed by atoms with Crippen molar-refractivity contribution in [3.63, 3.8) is 0 Å². The topological polar surface area (TPSA) is 101 Å². The van der Waals surface area contributed by atoms with Crippen LogP contribution in [0.4, 0.5) is 10.2 Å². The lowest BCUT2D eigenvalue weighted by molar-refractivity contribution is -0.0429. The molecule has 6 rings (SSSR count). The second-order valence-electron chi connectivity index (χ2n) is 13.9. The number of hydrogen-bond donors (Lipinski definition) is 0. The molecule has 234 valence electrons. The van der Waals surface area contributed by atoms with Gasteiger partial charge in [0.1, 0.15) is 18.0 Å². The van der Waals surface area contributed by atoms with Gasteiger partial charge in [-0.25, -0.2) is 9.07 Å². The molecule has 3 aromatic rings. The highest BCUT2D eigenvalue weighted by Crippen LogP contribution is 2.54. The van der Waals surface area contributed by atoms with E-state index in [2.05, 4.69) is 20.0 Å². The molecule has 2 aromatic heterocycles. The van der Waals surface area contributed by atoms with Crippen LogP contribution in [-0.2, 0) is 34.9 Å². The maximum Gasteiger partial charge on any atom is 0.357 e. The van der Waals surface area contributed by atoms with Crippen LogP contribution < -0.4 is 4.90 Å². The molecule has 1 aromatic carbocycles. The van der Waals surface area contributed by atoms with E-state index >= 15 is 0 Å². The fourth-order valence-electron chi connectivity index (χ4n) is 6.46. The Morgan fingerprint density at radius 3 is 2.53 bits per heavy atom. The van der Waals surface area contributed by atoms with Crippen molar-refractivity contribution in [3.05, 3.63) is 46.6 Å². The van der Waals surface area contributed by atoms with Gasteiger partial charge in [-0.3, -0.25) is 4.57 Å². The number of aromatic nitrogens is 4. The Hall–Kier alpha value is -2.14. The smallest absolute Gasteiger partial charge is 0.357 e. The van der Waals surface area contributed by atoms with E-state index in [1.54, 1.807) is 23.0 Å². The molecular weight excluding hydrogens is 596 g/mol. The van der Waals surface area contributed by atoms with Gasteiger partial charge in [-0.05, 0) is 102 Å². The molecule has 0 radical (unpaired) electrons. The molecule has 0 N–H and O–H groups in total. The third kappa shape index (κ3) is 6.49. The van der Waals surface area contributed by atoms with E-state index in [9.17, 15) is 8.96 Å². The lowest BCUT2D eigenvalue weighted by Crippen LogP contribution is -2.58. The molecule has 2 unspecified atom stereocenters. The monoisotopic (exact) mass is 635 g/mol. The SMILES string of the molecule is CC(C)(C)OP(=O)(COCC1CCC(n2ncc3c(N4CC5(CCc6ccc(F)cc65)C4)nc(Cl)nc32)O1)OC(C)(C)C. The van der Waals surface area contributed by atoms with Crippen molar-refractivity contribution in [1.82, 2.24) is 19.7 Å². The molecule has 43 heavy (non-hydrogen) atoms. The van der Waals surface area contributed by atoms with Gasteiger partial charge in [0.15, 0.2) is 11.9 Å². The summed E-state index contributed by atoms with van der Waals surface area (Å²) < 4.78 is 53.0. The highest BCUT2D eigenvalue weighted by molar-refractivity contribution is 7.53. The average Bonchev–Trinajstić information content (AvgIpc) is 3.57. The second kappa shape index (κ2) is 11.0. The van der Waals surface area contributed by atoms with Gasteiger partial charge in [0.05, 0.1) is 35.5 Å². The molecule has 0 amide bonds. The Morgan fingerprint density at radius 2 is 1.84 bits per heavy atom. The fourth-order valence-corrected chi connectivity index (χ4v) is 8.76. The van der Waals surface area contributed by atoms with Gasteiger partial charge in [0, 0.05) is 18.5 Å². The number of anilines is 1. The predicted molar refractivity (Wildman–Crippen MR) is 162 cm³/mol. The summed E-state index contributed by atoms with van der Waals surface area (Å²) in [5.41, 5.74) is 1.55. The Morgan fingerprint density at radius 1 is 1.12 bits per heavy atom. The van der Waals surface area contributed by atoms with Crippen LogP contribution in [0.2, 0.25) is 5.28 Å². The van der Waals surface area contributed by atoms with Crippen molar-refractivity contribution < 1.29 is 27.5 Å². The summed E-state index contributed by atoms with van der Waals surface area (Å²) in [6, 6.07) is 5.13. The van der Waals surface area contributed by atoms with Gasteiger partial charge >= 0.3 is 7.60 Å². The van der Waals surface area contributed by atoms with E-state index in [1.165, 1.54) is 5.56 Å². The summed E-state index contributed by atoms with van der Waals surface area (Å²) in [6.45, 7) is 12.7. The number of fused-ring (bicyclic) bond motifs is 3. The Balaban J connectivity index is 1.12. The number of nitrogens with zero attached hydrogens (tertiary/aromatic N) is 5. The van der Waals surface area contributed by atoms with Crippen molar-refractivity contribution in [3.8, 4) is 0 Å². The second-order valence-corrected chi connectivity index (χ2v) is 16.1. The molecule has 1 spiro atoms. The number of aryl methyl sites for hydroxylation is 1. The number of hydrogen-bond acceptors (Lipinski definition) is 9. The lowest BCUT2D eigenvalue weighted by atomic mass is 9.74. The van der Waals surface area contributed by atoms with Crippen LogP contribution >= 0.6 is 19.2 Å². The van der Waals surface area contributed by atoms with Gasteiger partial charge < -0.3 is 23.4 Å². The van der Waals surface area contributed by atoms with Crippen LogP contribution in [0.15, 0.2) is 24.4 Å². The Bertz CT molecular complexity index is 1540. The van der Waals surface area contributed by atoms with Crippen molar-refractivity contribution in [2.45, 2.75) is 96.2 Å². The molecule has 0 bridgehead atoms. The first kappa shape index (κ1) is 30.9. The minimum Gasteiger partial charge on any atom is -0.366 e. The molecule has 2 fully saturated rings. The minimum absolute atomic E-state index is 0.0707. The third-order valence-corrected chi connectivity index (χ3v) is 10.3. The number of ether oxygens (including phenoxy) is 2. The molecule has 10 nitrogen and oxygen atoms in total. The van der Waals surface area contributed by atoms with E-state index in [1.807, 2.05) is 47.6 Å². The van der Waals surface area contributed by atoms with E-state index < -0.39 is 18.8 Å². The maximum atomic E-state index is 14.1. The first-order valence-electron chi connectivity index (χ1n) is 14.8. The molecule has 2 aliphatic heterocycles. The molecule has 2 atom stereocenters. The zero-order valence-corrected chi connectivity index (χ0v) is 27.3. The molecule has 0 saturated carbocycles. The summed E-state index contributed by atoms with van der Waals surface area (Å²) in [6.07, 6.45) is 4.37. The lowest BCUT2D eigenvalue weighted by Gasteiger charge is -2.49. The molecule has 4 heterocycles. The summed E-state index contributed by atoms with van der Waals surface area (Å²) in [5.74, 6) is 0.529. The zero-order valence-electron chi connectivity index (χ0n) is 25.6. The quantitative estimate of drug-likeness (QED) is 0.195. The summed E-state index contributed by atoms with van der Waals surface area (Å²) >= 11 is 6.42. The van der Waals surface area contributed by atoms with Gasteiger partial charge in [-0.15, -0.1) is 0 Å². The molecule has 2 saturated heterocycles. The molecule has 1 aliphatic carbocycles. The molecule has 13 heteroatoms. The average molecular weight is 636 g/mol. The van der Waals surface area contributed by atoms with Crippen LogP contribution in [-0.4, -0.2) is 63.1 Å². The third-order valence-electron chi connectivity index (χ3n) is 7.95. The zero-order chi connectivity index (χ0) is 30.8. The molecular formula is C30H40ClFN5O5P. The maximum absolute atomic E-state index is 14.1. The fraction of sp³-hybridized carbons (Fsp3) is 0.633. The predicted octanol–water partition coefficient (Wildman–Crippen LogP) is 6.80. The van der Waals surface area contributed by atoms with Gasteiger partial charge in [-0.2, -0.15) is 15.1 Å². The first-order chi connectivity index (χ1) is 20.1. The standard InChI is InChI=1S/C30H40ClFN5O5P/c1-28(2,3)41-43(38,42-29(4,5)6)18-39-15-21-9-10-24(40-21)37-26-22(14-33-37)25(34-27(31)35-26)36-16-30(17-36)12-11-19-7-8-20(32)13-23(19)30/h7-8,13-14,21,24H,9-12,15-18H2,1-6H3. The van der Waals surface area contributed by atoms with Crippen molar-refractivity contribution in [2.24, 2.45) is 0 Å². The Labute approximate surface area is 256 Å². The summed E-state index contributed by atoms with van der Waals surface area (Å²) in [7, 11) is -3.51. The number of halogens is 2. The van der Waals surface area contributed by atoms with Crippen molar-refractivity contribution in [1.29, 1.82) is 0 Å². The van der Waals surface area contributed by atoms with E-state index in [0.717, 1.165) is 49.1 Å². The Kier molecular flexibility index (Phi) is 7.92. The number of rotatable bonds is 8. The van der Waals surface area contributed by atoms with Crippen LogP contribution in [0.25, 0.3) is 11.0 Å².